The summed E-state index contributed by atoms with van der Waals surface area (Å²) in [5.74, 6) is -2.56. The van der Waals surface area contributed by atoms with Crippen LogP contribution in [0.5, 0.6) is 0 Å². The van der Waals surface area contributed by atoms with Crippen molar-refractivity contribution in [1.82, 2.24) is 16.0 Å². The Bertz CT molecular complexity index is 2080. The van der Waals surface area contributed by atoms with Crippen LogP contribution in [0.4, 0.5) is 0 Å². The van der Waals surface area contributed by atoms with E-state index in [4.69, 9.17) is 56.8 Å². The minimum absolute atomic E-state index is 0.770. The number of aliphatic hydroxyl groups excluding tert-OH is 20. The summed E-state index contributed by atoms with van der Waals surface area (Å²) in [6.45, 7) is -5.20. The lowest BCUT2D eigenvalue weighted by Crippen LogP contribution is -2.70. The lowest BCUT2D eigenvalue weighted by Gasteiger charge is -2.51. The van der Waals surface area contributed by atoms with Crippen LogP contribution in [-0.4, -0.2) is 375 Å². The summed E-state index contributed by atoms with van der Waals surface area (Å²) in [6.07, 6.45) is -61.8. The number of ether oxygens (including phenoxy) is 12. The first-order valence-electron chi connectivity index (χ1n) is 26.9. The van der Waals surface area contributed by atoms with Crippen LogP contribution in [0, 0.1) is 0 Å². The molecule has 0 saturated carbocycles. The fraction of sp³-hybridized carbons (Fsp3) is 0.936. The zero-order valence-corrected chi connectivity index (χ0v) is 45.8. The third-order valence-electron chi connectivity index (χ3n) is 15.0. The van der Waals surface area contributed by atoms with E-state index in [0.717, 1.165) is 20.8 Å². The van der Waals surface area contributed by atoms with E-state index < -0.39 is 273 Å². The first-order chi connectivity index (χ1) is 40.2. The normalized spacial score (nSPS) is 45.0. The van der Waals surface area contributed by atoms with Gasteiger partial charge in [-0.05, 0) is 0 Å². The molecule has 0 unspecified atom stereocenters. The largest absolute Gasteiger partial charge is 0.394 e. The summed E-state index contributed by atoms with van der Waals surface area (Å²) in [5, 5.41) is 224. The second kappa shape index (κ2) is 31.7. The molecule has 38 nitrogen and oxygen atoms in total. The molecule has 0 aromatic rings. The number of amides is 3. The standard InChI is InChI=1S/C47H81N3O35/c1-12(57)48-15(4-51)25(62)37(16(60)5-52)81-43-24(50-14(3)59)32(69)38(21(9-56)79-43)82-47-41(85-45-35(72)26(63)17(61)10-74-45)39(30(67)22(80-47)11-75-44-36(73)33(70)28(65)19(7-54)77-44)83-46-40(34(71)29(66)20(8-55)78-46)84-42-23(49-13(2)58)31(68)27(64)18(6-53)76-42/h15-47,51-56,60-73H,4-11H2,1-3H3,(H,48,57)(H,49,58)(H,50,59)/t15-,16+,17+,18+,19+,20+,21+,22+,23+,24+,25+,26-,27+,28+,29+,30+,31+,32+,33-,34-,35+,36-,37+,38+,39-,40-,41-,42-,43-,44-,45-,46+,47-/m0/s1. The lowest BCUT2D eigenvalue weighted by atomic mass is 9.94. The molecular weight excluding hydrogens is 1170 g/mol. The van der Waals surface area contributed by atoms with Crippen molar-refractivity contribution >= 4 is 17.7 Å². The third-order valence-corrected chi connectivity index (χ3v) is 15.0. The molecule has 6 saturated heterocycles. The number of nitrogens with one attached hydrogen (secondary N) is 3. The minimum atomic E-state index is -2.36. The Morgan fingerprint density at radius 3 is 1.47 bits per heavy atom. The molecule has 0 aliphatic carbocycles. The van der Waals surface area contributed by atoms with Gasteiger partial charge >= 0.3 is 0 Å². The predicted molar refractivity (Wildman–Crippen MR) is 263 cm³/mol. The molecule has 0 aromatic carbocycles. The van der Waals surface area contributed by atoms with Gasteiger partial charge in [-0.25, -0.2) is 0 Å². The van der Waals surface area contributed by atoms with Crippen molar-refractivity contribution in [3.05, 3.63) is 0 Å². The van der Waals surface area contributed by atoms with E-state index in [1.165, 1.54) is 0 Å². The van der Waals surface area contributed by atoms with Crippen LogP contribution in [0.2, 0.25) is 0 Å². The maximum Gasteiger partial charge on any atom is 0.217 e. The Hall–Kier alpha value is -2.87. The summed E-state index contributed by atoms with van der Waals surface area (Å²) in [6, 6.07) is -5.28. The third kappa shape index (κ3) is 16.6. The van der Waals surface area contributed by atoms with Gasteiger partial charge in [-0.15, -0.1) is 0 Å². The van der Waals surface area contributed by atoms with Gasteiger partial charge in [0.1, 0.15) is 159 Å². The van der Waals surface area contributed by atoms with Crippen molar-refractivity contribution in [2.75, 3.05) is 52.9 Å². The summed E-state index contributed by atoms with van der Waals surface area (Å²) in [7, 11) is 0. The highest BCUT2D eigenvalue weighted by atomic mass is 16.8. The lowest BCUT2D eigenvalue weighted by molar-refractivity contribution is -0.410. The predicted octanol–water partition coefficient (Wildman–Crippen LogP) is -15.6. The second-order valence-corrected chi connectivity index (χ2v) is 21.1. The number of hydrogen-bond acceptors (Lipinski definition) is 35. The van der Waals surface area contributed by atoms with Gasteiger partial charge in [0.25, 0.3) is 0 Å². The van der Waals surface area contributed by atoms with Gasteiger partial charge in [-0.1, -0.05) is 0 Å². The van der Waals surface area contributed by atoms with E-state index in [9.17, 15) is 117 Å². The first kappa shape index (κ1) is 71.2. The number of carbonyl (C=O) groups excluding carboxylic acids is 3. The van der Waals surface area contributed by atoms with E-state index >= 15 is 0 Å². The van der Waals surface area contributed by atoms with E-state index in [1.807, 2.05) is 0 Å². The van der Waals surface area contributed by atoms with Crippen molar-refractivity contribution in [2.45, 2.75) is 223 Å². The minimum Gasteiger partial charge on any atom is -0.394 e. The average molecular weight is 1250 g/mol. The molecule has 3 amide bonds. The van der Waals surface area contributed by atoms with Crippen molar-refractivity contribution in [2.24, 2.45) is 0 Å². The van der Waals surface area contributed by atoms with Crippen molar-refractivity contribution in [1.29, 1.82) is 0 Å². The summed E-state index contributed by atoms with van der Waals surface area (Å²) >= 11 is 0. The molecule has 23 N–H and O–H groups in total. The zero-order chi connectivity index (χ0) is 63.0. The second-order valence-electron chi connectivity index (χ2n) is 21.1. The van der Waals surface area contributed by atoms with Crippen LogP contribution in [0.25, 0.3) is 0 Å². The van der Waals surface area contributed by atoms with Crippen molar-refractivity contribution < 1.29 is 173 Å². The van der Waals surface area contributed by atoms with E-state index in [1.54, 1.807) is 0 Å². The van der Waals surface area contributed by atoms with E-state index in [0.29, 0.717) is 0 Å². The molecule has 494 valence electrons. The van der Waals surface area contributed by atoms with E-state index in [2.05, 4.69) is 16.0 Å². The summed E-state index contributed by atoms with van der Waals surface area (Å²) in [4.78, 5) is 37.2. The van der Waals surface area contributed by atoms with Gasteiger partial charge in [0.2, 0.25) is 17.7 Å². The fourth-order valence-electron chi connectivity index (χ4n) is 10.4. The first-order valence-corrected chi connectivity index (χ1v) is 26.9. The van der Waals surface area contributed by atoms with Gasteiger partial charge in [-0.2, -0.15) is 0 Å². The van der Waals surface area contributed by atoms with Crippen LogP contribution in [-0.2, 0) is 71.2 Å². The van der Waals surface area contributed by atoms with Gasteiger partial charge in [-0.3, -0.25) is 14.4 Å². The number of rotatable bonds is 25. The van der Waals surface area contributed by atoms with Crippen molar-refractivity contribution in [3.8, 4) is 0 Å². The molecule has 0 bridgehead atoms. The summed E-state index contributed by atoms with van der Waals surface area (Å²) < 4.78 is 71.2. The van der Waals surface area contributed by atoms with Crippen LogP contribution >= 0.6 is 0 Å². The average Bonchev–Trinajstić information content (AvgIpc) is 2.97. The molecule has 6 aliphatic heterocycles. The van der Waals surface area contributed by atoms with Gasteiger partial charge < -0.3 is 175 Å². The number of carbonyl (C=O) groups is 3. The van der Waals surface area contributed by atoms with Gasteiger partial charge in [0.05, 0.1) is 58.9 Å². The molecule has 0 spiro atoms. The van der Waals surface area contributed by atoms with Gasteiger partial charge in [0.15, 0.2) is 37.7 Å². The molecular formula is C47H81N3O35. The van der Waals surface area contributed by atoms with Crippen LogP contribution in [0.3, 0.4) is 0 Å². The smallest absolute Gasteiger partial charge is 0.217 e. The highest BCUT2D eigenvalue weighted by Crippen LogP contribution is 2.38. The Balaban J connectivity index is 1.46. The maximum atomic E-state index is 12.8. The molecule has 0 radical (unpaired) electrons. The molecule has 33 atom stereocenters. The van der Waals surface area contributed by atoms with Gasteiger partial charge in [0, 0.05) is 20.8 Å². The summed E-state index contributed by atoms with van der Waals surface area (Å²) in [5.41, 5.74) is 0. The molecule has 6 rings (SSSR count). The topological polar surface area (TPSA) is 603 Å². The monoisotopic (exact) mass is 1250 g/mol. The zero-order valence-electron chi connectivity index (χ0n) is 45.8. The Labute approximate surface area is 482 Å². The molecule has 6 aliphatic rings. The highest BCUT2D eigenvalue weighted by molar-refractivity contribution is 5.74. The molecule has 6 fully saturated rings. The Kier molecular flexibility index (Phi) is 26.6. The quantitative estimate of drug-likeness (QED) is 0.0404. The molecule has 0 aromatic heterocycles. The Morgan fingerprint density at radius 2 is 0.918 bits per heavy atom. The van der Waals surface area contributed by atoms with Crippen LogP contribution in [0.15, 0.2) is 0 Å². The molecule has 38 heteroatoms. The van der Waals surface area contributed by atoms with Crippen LogP contribution < -0.4 is 16.0 Å². The van der Waals surface area contributed by atoms with E-state index in [-0.39, 0.29) is 0 Å². The maximum absolute atomic E-state index is 12.8. The van der Waals surface area contributed by atoms with Crippen LogP contribution in [0.1, 0.15) is 20.8 Å². The number of aliphatic hydroxyl groups is 20. The Morgan fingerprint density at radius 1 is 0.447 bits per heavy atom. The number of hydrogen-bond donors (Lipinski definition) is 23. The highest BCUT2D eigenvalue weighted by Gasteiger charge is 2.59. The molecule has 85 heavy (non-hydrogen) atoms. The SMILES string of the molecule is CC(=O)N[C@H]1[C@H](O[C@@H]([C@H](O)[C@H](CO)NC(C)=O)[C@H](O)CO)O[C@H](CO)[C@@H](O[C@@H]2O[C@H](CO[C@H]3O[C@H](CO)[C@@H](O)[C@H](O)[C@@H]3O)[C@@H](O)[C@H](O[C@H]3O[C@H](CO)[C@@H](O)[C@H](O)[C@@H]3O[C@@H]3O[C@H](CO)[C@@H](O)[C@H](O)[C@H]3NC(C)=O)[C@@H]2O[C@@H]2OC[C@@H](O)[C@H](O)[C@H]2O)[C@@H]1O. The van der Waals surface area contributed by atoms with Crippen molar-refractivity contribution in [3.63, 3.8) is 0 Å². The molecule has 6 heterocycles. The fourth-order valence-corrected chi connectivity index (χ4v) is 10.4.